The first kappa shape index (κ1) is 22.1. The second kappa shape index (κ2) is 8.66. The quantitative estimate of drug-likeness (QED) is 0.255. The maximum Gasteiger partial charge on any atom is 0.282 e. The molecule has 7 heteroatoms. The summed E-state index contributed by atoms with van der Waals surface area (Å²) in [5.74, 6) is 0.809. The average Bonchev–Trinajstić information content (AvgIpc) is 3.44. The van der Waals surface area contributed by atoms with Crippen molar-refractivity contribution in [3.8, 4) is 17.3 Å². The largest absolute Gasteiger partial charge is 0.453 e. The highest BCUT2D eigenvalue weighted by Crippen LogP contribution is 2.28. The fourth-order valence-electron chi connectivity index (χ4n) is 4.52. The molecular formula is C29H21ClN4O2. The van der Waals surface area contributed by atoms with E-state index in [1.54, 1.807) is 12.3 Å². The zero-order valence-electron chi connectivity index (χ0n) is 19.6. The van der Waals surface area contributed by atoms with E-state index in [-0.39, 0.29) is 5.56 Å². The molecule has 0 aliphatic heterocycles. The first-order chi connectivity index (χ1) is 17.5. The molecule has 6 rings (SSSR count). The van der Waals surface area contributed by atoms with Crippen molar-refractivity contribution in [3.63, 3.8) is 0 Å². The zero-order valence-corrected chi connectivity index (χ0v) is 20.4. The van der Waals surface area contributed by atoms with Gasteiger partial charge in [0.15, 0.2) is 5.76 Å². The number of para-hydroxylation sites is 3. The summed E-state index contributed by atoms with van der Waals surface area (Å²) in [6.45, 7) is 4.01. The molecule has 6 aromatic rings. The summed E-state index contributed by atoms with van der Waals surface area (Å²) in [7, 11) is 0. The second-order valence-electron chi connectivity index (χ2n) is 8.58. The van der Waals surface area contributed by atoms with E-state index in [0.29, 0.717) is 33.1 Å². The first-order valence-electron chi connectivity index (χ1n) is 11.5. The number of rotatable bonds is 4. The van der Waals surface area contributed by atoms with Gasteiger partial charge in [-0.1, -0.05) is 54.1 Å². The summed E-state index contributed by atoms with van der Waals surface area (Å²) in [5.41, 5.74) is 4.74. The number of hydrogen-bond acceptors (Lipinski definition) is 4. The van der Waals surface area contributed by atoms with Gasteiger partial charge in [-0.15, -0.1) is 0 Å². The Labute approximate surface area is 211 Å². The molecule has 176 valence electrons. The highest BCUT2D eigenvalue weighted by Gasteiger charge is 2.17. The van der Waals surface area contributed by atoms with Gasteiger partial charge < -0.3 is 8.98 Å². The summed E-state index contributed by atoms with van der Waals surface area (Å²) in [5, 5.41) is 6.68. The second-order valence-corrected chi connectivity index (χ2v) is 8.98. The van der Waals surface area contributed by atoms with E-state index in [2.05, 4.69) is 9.67 Å². The van der Waals surface area contributed by atoms with Crippen LogP contribution in [0.2, 0.25) is 5.02 Å². The normalized spacial score (nSPS) is 11.8. The number of benzene rings is 3. The number of hydrogen-bond donors (Lipinski definition) is 0. The molecule has 0 amide bonds. The molecule has 3 heterocycles. The molecule has 0 unspecified atom stereocenters. The topological polar surface area (TPSA) is 65.3 Å². The van der Waals surface area contributed by atoms with Crippen LogP contribution in [-0.2, 0) is 0 Å². The van der Waals surface area contributed by atoms with Gasteiger partial charge >= 0.3 is 0 Å². The maximum atomic E-state index is 13.5. The minimum atomic E-state index is -0.271. The van der Waals surface area contributed by atoms with Crippen molar-refractivity contribution in [2.75, 3.05) is 0 Å². The van der Waals surface area contributed by atoms with Gasteiger partial charge in [-0.25, -0.2) is 4.98 Å². The van der Waals surface area contributed by atoms with Crippen LogP contribution in [0.1, 0.15) is 17.0 Å². The van der Waals surface area contributed by atoms with Crippen LogP contribution < -0.4 is 5.56 Å². The Bertz CT molecular complexity index is 1830. The predicted molar refractivity (Wildman–Crippen MR) is 144 cm³/mol. The molecule has 0 aliphatic carbocycles. The molecule has 3 aromatic heterocycles. The number of furan rings is 1. The van der Waals surface area contributed by atoms with Crippen molar-refractivity contribution < 1.29 is 4.42 Å². The standard InChI is InChI=1S/C29H21ClN4O2/c1-18-15-21(19(2)33(18)25-13-7-5-11-23(25)30)17-31-34-28(27-16-20-9-3-8-14-26(20)36-27)32-24-12-6-4-10-22(24)29(34)35/h3-17H,1-2H3. The zero-order chi connectivity index (χ0) is 24.8. The van der Waals surface area contributed by atoms with E-state index >= 15 is 0 Å². The lowest BCUT2D eigenvalue weighted by Crippen LogP contribution is -2.20. The summed E-state index contributed by atoms with van der Waals surface area (Å²) in [6, 6.07) is 26.5. The van der Waals surface area contributed by atoms with Gasteiger partial charge in [-0.3, -0.25) is 4.79 Å². The highest BCUT2D eigenvalue weighted by atomic mass is 35.5. The van der Waals surface area contributed by atoms with Crippen molar-refractivity contribution in [2.45, 2.75) is 13.8 Å². The summed E-state index contributed by atoms with van der Waals surface area (Å²) in [4.78, 5) is 18.3. The molecule has 0 radical (unpaired) electrons. The number of nitrogens with zero attached hydrogens (tertiary/aromatic N) is 4. The van der Waals surface area contributed by atoms with Gasteiger partial charge in [0.2, 0.25) is 5.82 Å². The summed E-state index contributed by atoms with van der Waals surface area (Å²) < 4.78 is 9.44. The van der Waals surface area contributed by atoms with Gasteiger partial charge in [0.25, 0.3) is 5.56 Å². The average molecular weight is 493 g/mol. The Morgan fingerprint density at radius 2 is 1.69 bits per heavy atom. The number of aryl methyl sites for hydroxylation is 1. The maximum absolute atomic E-state index is 13.5. The molecule has 3 aromatic carbocycles. The molecule has 36 heavy (non-hydrogen) atoms. The third kappa shape index (κ3) is 3.63. The number of halogens is 1. The van der Waals surface area contributed by atoms with Crippen molar-refractivity contribution in [2.24, 2.45) is 5.10 Å². The molecule has 6 nitrogen and oxygen atoms in total. The van der Waals surface area contributed by atoms with Gasteiger partial charge in [0.05, 0.1) is 27.8 Å². The van der Waals surface area contributed by atoms with Crippen LogP contribution in [0.4, 0.5) is 0 Å². The van der Waals surface area contributed by atoms with E-state index < -0.39 is 0 Å². The lowest BCUT2D eigenvalue weighted by Gasteiger charge is -2.11. The lowest BCUT2D eigenvalue weighted by atomic mass is 10.2. The van der Waals surface area contributed by atoms with Crippen molar-refractivity contribution in [1.29, 1.82) is 0 Å². The van der Waals surface area contributed by atoms with E-state index in [0.717, 1.165) is 28.0 Å². The molecule has 0 N–H and O–H groups in total. The first-order valence-corrected chi connectivity index (χ1v) is 11.9. The molecule has 0 aliphatic rings. The Balaban J connectivity index is 1.53. The van der Waals surface area contributed by atoms with Crippen molar-refractivity contribution in [3.05, 3.63) is 117 Å². The van der Waals surface area contributed by atoms with Crippen LogP contribution in [0, 0.1) is 13.8 Å². The van der Waals surface area contributed by atoms with Gasteiger partial charge in [0.1, 0.15) is 5.58 Å². The Morgan fingerprint density at radius 3 is 2.53 bits per heavy atom. The molecule has 0 fully saturated rings. The molecule has 0 saturated carbocycles. The van der Waals surface area contributed by atoms with Gasteiger partial charge in [-0.2, -0.15) is 9.78 Å². The van der Waals surface area contributed by atoms with Crippen LogP contribution in [0.15, 0.2) is 99.2 Å². The molecule has 0 atom stereocenters. The molecule has 0 spiro atoms. The van der Waals surface area contributed by atoms with Crippen molar-refractivity contribution in [1.82, 2.24) is 14.2 Å². The molecule has 0 saturated heterocycles. The van der Waals surface area contributed by atoms with Crippen LogP contribution in [0.3, 0.4) is 0 Å². The molecule has 0 bridgehead atoms. The Kier molecular flexibility index (Phi) is 5.31. The van der Waals surface area contributed by atoms with Crippen molar-refractivity contribution >= 4 is 39.7 Å². The third-order valence-electron chi connectivity index (χ3n) is 6.28. The minimum absolute atomic E-state index is 0.271. The summed E-state index contributed by atoms with van der Waals surface area (Å²) in [6.07, 6.45) is 1.68. The number of fused-ring (bicyclic) bond motifs is 2. The Morgan fingerprint density at radius 1 is 0.944 bits per heavy atom. The monoisotopic (exact) mass is 492 g/mol. The summed E-state index contributed by atoms with van der Waals surface area (Å²) >= 11 is 6.46. The molecular weight excluding hydrogens is 472 g/mol. The van der Waals surface area contributed by atoms with Crippen LogP contribution in [0.5, 0.6) is 0 Å². The Hall–Kier alpha value is -4.42. The van der Waals surface area contributed by atoms with E-state index in [1.165, 1.54) is 4.68 Å². The fourth-order valence-corrected chi connectivity index (χ4v) is 4.74. The lowest BCUT2D eigenvalue weighted by molar-refractivity contribution is 0.616. The van der Waals surface area contributed by atoms with Gasteiger partial charge in [-0.05, 0) is 56.3 Å². The highest BCUT2D eigenvalue weighted by molar-refractivity contribution is 6.32. The SMILES string of the molecule is Cc1cc(C=Nn2c(-c3cc4ccccc4o3)nc3ccccc3c2=O)c(C)n1-c1ccccc1Cl. The number of aromatic nitrogens is 3. The minimum Gasteiger partial charge on any atom is -0.453 e. The fraction of sp³-hybridized carbons (Fsp3) is 0.0690. The van der Waals surface area contributed by atoms with Crippen LogP contribution in [0.25, 0.3) is 39.1 Å². The third-order valence-corrected chi connectivity index (χ3v) is 6.60. The van der Waals surface area contributed by atoms with Crippen LogP contribution >= 0.6 is 11.6 Å². The van der Waals surface area contributed by atoms with E-state index in [1.807, 2.05) is 92.7 Å². The van der Waals surface area contributed by atoms with Gasteiger partial charge in [0, 0.05) is 22.3 Å². The predicted octanol–water partition coefficient (Wildman–Crippen LogP) is 6.75. The van der Waals surface area contributed by atoms with E-state index in [9.17, 15) is 4.79 Å². The van der Waals surface area contributed by atoms with E-state index in [4.69, 9.17) is 21.0 Å². The van der Waals surface area contributed by atoms with Crippen LogP contribution in [-0.4, -0.2) is 20.4 Å². The smallest absolute Gasteiger partial charge is 0.282 e.